The van der Waals surface area contributed by atoms with E-state index in [0.29, 0.717) is 12.3 Å². The van der Waals surface area contributed by atoms with E-state index in [1.54, 1.807) is 0 Å². The van der Waals surface area contributed by atoms with Crippen LogP contribution in [0, 0.1) is 5.92 Å². The van der Waals surface area contributed by atoms with Crippen LogP contribution in [0.4, 0.5) is 0 Å². The molecule has 0 amide bonds. The highest BCUT2D eigenvalue weighted by atomic mass is 16.5. The molecule has 2 fully saturated rings. The van der Waals surface area contributed by atoms with Crippen LogP contribution in [0.5, 0.6) is 0 Å². The fraction of sp³-hybridized carbons (Fsp3) is 0.833. The van der Waals surface area contributed by atoms with Crippen molar-refractivity contribution in [2.45, 2.75) is 38.1 Å². The second kappa shape index (κ2) is 4.95. The molecule has 0 aromatic heterocycles. The average Bonchev–Trinajstić information content (AvgIpc) is 2.86. The third-order valence-electron chi connectivity index (χ3n) is 3.79. The smallest absolute Gasteiger partial charge is 0.319 e. The molecule has 1 heterocycles. The minimum Gasteiger partial charge on any atom is -0.468 e. The molecule has 2 rings (SSSR count). The Kier molecular flexibility index (Phi) is 3.59. The third-order valence-corrected chi connectivity index (χ3v) is 3.79. The molecule has 0 N–H and O–H groups in total. The number of ether oxygens (including phenoxy) is 1. The highest BCUT2D eigenvalue weighted by molar-refractivity contribution is 5.83. The predicted molar refractivity (Wildman–Crippen MR) is 59.0 cm³/mol. The van der Waals surface area contributed by atoms with Gasteiger partial charge in [0.05, 0.1) is 13.7 Å². The lowest BCUT2D eigenvalue weighted by molar-refractivity contribution is -0.142. The topological polar surface area (TPSA) is 46.6 Å². The first-order chi connectivity index (χ1) is 7.72. The summed E-state index contributed by atoms with van der Waals surface area (Å²) in [6.07, 6.45) is 4.89. The molecule has 0 spiro atoms. The van der Waals surface area contributed by atoms with Crippen molar-refractivity contribution in [2.24, 2.45) is 5.92 Å². The van der Waals surface area contributed by atoms with Crippen molar-refractivity contribution >= 4 is 11.8 Å². The Morgan fingerprint density at radius 2 is 2.25 bits per heavy atom. The Morgan fingerprint density at radius 3 is 2.88 bits per heavy atom. The van der Waals surface area contributed by atoms with Crippen molar-refractivity contribution in [3.05, 3.63) is 0 Å². The van der Waals surface area contributed by atoms with E-state index in [4.69, 9.17) is 0 Å². The van der Waals surface area contributed by atoms with Gasteiger partial charge >= 0.3 is 5.97 Å². The van der Waals surface area contributed by atoms with Crippen molar-refractivity contribution in [3.63, 3.8) is 0 Å². The molecule has 1 saturated carbocycles. The number of carbonyl (C=O) groups excluding carboxylic acids is 2. The number of methoxy groups -OCH3 is 1. The van der Waals surface area contributed by atoms with E-state index in [9.17, 15) is 9.59 Å². The van der Waals surface area contributed by atoms with E-state index >= 15 is 0 Å². The number of esters is 1. The molecule has 90 valence electrons. The average molecular weight is 225 g/mol. The van der Waals surface area contributed by atoms with Gasteiger partial charge in [0.1, 0.15) is 5.78 Å². The molecule has 0 bridgehead atoms. The van der Waals surface area contributed by atoms with E-state index in [1.165, 1.54) is 7.11 Å². The number of nitrogens with zero attached hydrogens (tertiary/aromatic N) is 1. The quantitative estimate of drug-likeness (QED) is 0.672. The van der Waals surface area contributed by atoms with Gasteiger partial charge in [0.2, 0.25) is 0 Å². The van der Waals surface area contributed by atoms with Gasteiger partial charge in [-0.15, -0.1) is 0 Å². The maximum absolute atomic E-state index is 11.7. The van der Waals surface area contributed by atoms with Crippen LogP contribution in [0.25, 0.3) is 0 Å². The summed E-state index contributed by atoms with van der Waals surface area (Å²) in [5, 5.41) is 0. The van der Waals surface area contributed by atoms with E-state index < -0.39 is 0 Å². The van der Waals surface area contributed by atoms with Crippen LogP contribution in [-0.4, -0.2) is 42.9 Å². The first kappa shape index (κ1) is 11.6. The first-order valence-corrected chi connectivity index (χ1v) is 6.06. The predicted octanol–water partition coefficient (Wildman–Crippen LogP) is 0.993. The van der Waals surface area contributed by atoms with E-state index in [0.717, 1.165) is 38.6 Å². The van der Waals surface area contributed by atoms with Crippen molar-refractivity contribution < 1.29 is 14.3 Å². The summed E-state index contributed by atoms with van der Waals surface area (Å²) in [5.41, 5.74) is 0. The number of rotatable bonds is 3. The minimum atomic E-state index is -0.197. The van der Waals surface area contributed by atoms with Gasteiger partial charge in [0.15, 0.2) is 0 Å². The molecule has 1 saturated heterocycles. The zero-order valence-corrected chi connectivity index (χ0v) is 9.78. The molecule has 0 aromatic rings. The Labute approximate surface area is 95.9 Å². The van der Waals surface area contributed by atoms with Crippen LogP contribution in [0.3, 0.4) is 0 Å². The molecule has 1 aliphatic heterocycles. The Bertz CT molecular complexity index is 290. The molecule has 16 heavy (non-hydrogen) atoms. The lowest BCUT2D eigenvalue weighted by Crippen LogP contribution is -2.40. The molecule has 2 aliphatic rings. The number of likely N-dealkylation sites (tertiary alicyclic amines) is 1. The Hall–Kier alpha value is -0.900. The zero-order valence-electron chi connectivity index (χ0n) is 9.78. The molecule has 2 unspecified atom stereocenters. The van der Waals surface area contributed by atoms with Crippen LogP contribution in [0.1, 0.15) is 32.1 Å². The lowest BCUT2D eigenvalue weighted by atomic mass is 9.95. The van der Waals surface area contributed by atoms with Crippen LogP contribution >= 0.6 is 0 Å². The number of hydrogen-bond acceptors (Lipinski definition) is 4. The summed E-state index contributed by atoms with van der Waals surface area (Å²) in [6.45, 7) is 1.26. The molecule has 4 heteroatoms. The normalized spacial score (nSPS) is 30.9. The van der Waals surface area contributed by atoms with Crippen molar-refractivity contribution in [1.29, 1.82) is 0 Å². The SMILES string of the molecule is COC(=O)CN1CCCC1C1CCCC1=O. The number of carbonyl (C=O) groups is 2. The van der Waals surface area contributed by atoms with Crippen LogP contribution < -0.4 is 0 Å². The number of ketones is 1. The largest absolute Gasteiger partial charge is 0.468 e. The molecule has 2 atom stereocenters. The number of Topliss-reactive ketones (excluding diaryl/α,β-unsaturated/α-hetero) is 1. The molecular formula is C12H19NO3. The van der Waals surface area contributed by atoms with Gasteiger partial charge in [-0.25, -0.2) is 0 Å². The van der Waals surface area contributed by atoms with Gasteiger partial charge in [-0.3, -0.25) is 14.5 Å². The van der Waals surface area contributed by atoms with Crippen LogP contribution in [0.15, 0.2) is 0 Å². The third kappa shape index (κ3) is 2.26. The molecule has 0 radical (unpaired) electrons. The maximum Gasteiger partial charge on any atom is 0.319 e. The first-order valence-electron chi connectivity index (χ1n) is 6.06. The van der Waals surface area contributed by atoms with Gasteiger partial charge in [0, 0.05) is 18.4 Å². The van der Waals surface area contributed by atoms with E-state index in [2.05, 4.69) is 9.64 Å². The monoisotopic (exact) mass is 225 g/mol. The highest BCUT2D eigenvalue weighted by Gasteiger charge is 2.38. The van der Waals surface area contributed by atoms with Gasteiger partial charge in [0.25, 0.3) is 0 Å². The maximum atomic E-state index is 11.7. The molecule has 4 nitrogen and oxygen atoms in total. The molecule has 1 aliphatic carbocycles. The van der Waals surface area contributed by atoms with Crippen LogP contribution in [0.2, 0.25) is 0 Å². The highest BCUT2D eigenvalue weighted by Crippen LogP contribution is 2.32. The van der Waals surface area contributed by atoms with Crippen molar-refractivity contribution in [1.82, 2.24) is 4.90 Å². The second-order valence-electron chi connectivity index (χ2n) is 4.72. The van der Waals surface area contributed by atoms with E-state index in [1.807, 2.05) is 0 Å². The summed E-state index contributed by atoms with van der Waals surface area (Å²) in [7, 11) is 1.41. The van der Waals surface area contributed by atoms with E-state index in [-0.39, 0.29) is 17.9 Å². The summed E-state index contributed by atoms with van der Waals surface area (Å²) in [4.78, 5) is 25.1. The second-order valence-corrected chi connectivity index (χ2v) is 4.72. The molecule has 0 aromatic carbocycles. The standard InChI is InChI=1S/C12H19NO3/c1-16-12(15)8-13-7-3-5-10(13)9-4-2-6-11(9)14/h9-10H,2-8H2,1H3. The van der Waals surface area contributed by atoms with Crippen molar-refractivity contribution in [2.75, 3.05) is 20.2 Å². The summed E-state index contributed by atoms with van der Waals surface area (Å²) in [5.74, 6) is 0.367. The lowest BCUT2D eigenvalue weighted by Gasteiger charge is -2.27. The fourth-order valence-electron chi connectivity index (χ4n) is 2.98. The van der Waals surface area contributed by atoms with Gasteiger partial charge in [-0.2, -0.15) is 0 Å². The minimum absolute atomic E-state index is 0.173. The Morgan fingerprint density at radius 1 is 1.44 bits per heavy atom. The van der Waals surface area contributed by atoms with Gasteiger partial charge in [-0.05, 0) is 32.2 Å². The summed E-state index contributed by atoms with van der Waals surface area (Å²) in [6, 6.07) is 0.286. The fourth-order valence-corrected chi connectivity index (χ4v) is 2.98. The Balaban J connectivity index is 1.97. The van der Waals surface area contributed by atoms with Crippen LogP contribution in [-0.2, 0) is 14.3 Å². The summed E-state index contributed by atoms with van der Waals surface area (Å²) < 4.78 is 4.68. The van der Waals surface area contributed by atoms with Gasteiger partial charge < -0.3 is 4.74 Å². The van der Waals surface area contributed by atoms with Gasteiger partial charge in [-0.1, -0.05) is 0 Å². The van der Waals surface area contributed by atoms with Crippen molar-refractivity contribution in [3.8, 4) is 0 Å². The summed E-state index contributed by atoms with van der Waals surface area (Å²) >= 11 is 0. The molecular weight excluding hydrogens is 206 g/mol. The number of hydrogen-bond donors (Lipinski definition) is 0. The zero-order chi connectivity index (χ0) is 11.5.